The Hall–Kier alpha value is -2.86. The quantitative estimate of drug-likeness (QED) is 0.280. The molecule has 0 saturated carbocycles. The topological polar surface area (TPSA) is 102 Å². The number of hydrogen-bond acceptors (Lipinski definition) is 8. The Balaban J connectivity index is 0.00000158. The molecule has 0 aliphatic carbocycles. The lowest BCUT2D eigenvalue weighted by Crippen LogP contribution is -2.15. The van der Waals surface area contributed by atoms with E-state index in [1.165, 1.54) is 0 Å². The molecule has 3 aromatic rings. The molecule has 4 rings (SSSR count). The Morgan fingerprint density at radius 3 is 2.68 bits per heavy atom. The van der Waals surface area contributed by atoms with Crippen LogP contribution in [-0.4, -0.2) is 37.2 Å². The van der Waals surface area contributed by atoms with Gasteiger partial charge in [0, 0.05) is 23.6 Å². The van der Waals surface area contributed by atoms with Crippen molar-refractivity contribution in [2.45, 2.75) is 32.8 Å². The number of anilines is 3. The number of aryl methyl sites for hydroxylation is 1. The summed E-state index contributed by atoms with van der Waals surface area (Å²) in [5.74, 6) is 1.18. The van der Waals surface area contributed by atoms with Crippen LogP contribution in [-0.2, 0) is 11.2 Å². The van der Waals surface area contributed by atoms with Crippen molar-refractivity contribution in [2.75, 3.05) is 37.1 Å². The highest BCUT2D eigenvalue weighted by molar-refractivity contribution is 7.79. The van der Waals surface area contributed by atoms with E-state index in [0.29, 0.717) is 70.9 Å². The van der Waals surface area contributed by atoms with Crippen molar-refractivity contribution in [1.29, 1.82) is 5.26 Å². The van der Waals surface area contributed by atoms with Gasteiger partial charge in [0.15, 0.2) is 0 Å². The summed E-state index contributed by atoms with van der Waals surface area (Å²) in [6.45, 7) is 5.63. The van der Waals surface area contributed by atoms with Gasteiger partial charge < -0.3 is 25.3 Å². The van der Waals surface area contributed by atoms with Crippen LogP contribution in [0, 0.1) is 11.3 Å². The molecule has 1 aromatic heterocycles. The SMILES string of the molecule is CCOc1cc2nc(CC)c(C#N)c(Nc3ccc(OC4CCOC4)c(Cl)c3)c2cc1N.CS. The van der Waals surface area contributed by atoms with Crippen molar-refractivity contribution >= 4 is 52.2 Å². The zero-order valence-corrected chi connectivity index (χ0v) is 21.2. The van der Waals surface area contributed by atoms with Crippen molar-refractivity contribution in [1.82, 2.24) is 4.98 Å². The minimum Gasteiger partial charge on any atom is -0.492 e. The van der Waals surface area contributed by atoms with E-state index < -0.39 is 0 Å². The zero-order chi connectivity index (χ0) is 24.7. The number of thiol groups is 1. The number of nitriles is 1. The summed E-state index contributed by atoms with van der Waals surface area (Å²) in [7, 11) is 0. The standard InChI is InChI=1S/C24H25ClN4O3.CH4S/c1-3-20-17(12-26)24(16-10-19(27)23(31-4-2)11-21(16)29-20)28-14-5-6-22(18(25)9-14)32-15-7-8-30-13-15;1-2/h5-6,9-11,15H,3-4,7-8,13,27H2,1-2H3,(H,28,29);2H,1H3. The Kier molecular flexibility index (Phi) is 9.11. The van der Waals surface area contributed by atoms with E-state index in [-0.39, 0.29) is 6.10 Å². The maximum atomic E-state index is 9.89. The van der Waals surface area contributed by atoms with E-state index in [2.05, 4.69) is 29.0 Å². The van der Waals surface area contributed by atoms with Gasteiger partial charge in [-0.25, -0.2) is 0 Å². The number of hydrogen-bond donors (Lipinski definition) is 3. The van der Waals surface area contributed by atoms with Crippen molar-refractivity contribution in [3.63, 3.8) is 0 Å². The highest BCUT2D eigenvalue weighted by Gasteiger charge is 2.20. The van der Waals surface area contributed by atoms with Crippen molar-refractivity contribution < 1.29 is 14.2 Å². The molecule has 1 aliphatic heterocycles. The zero-order valence-electron chi connectivity index (χ0n) is 19.5. The molecule has 180 valence electrons. The second kappa shape index (κ2) is 12.0. The fourth-order valence-corrected chi connectivity index (χ4v) is 3.97. The van der Waals surface area contributed by atoms with Crippen LogP contribution < -0.4 is 20.5 Å². The molecular formula is C25H29ClN4O3S. The van der Waals surface area contributed by atoms with Gasteiger partial charge in [0.2, 0.25) is 0 Å². The number of nitrogens with two attached hydrogens (primary N) is 1. The smallest absolute Gasteiger partial charge is 0.144 e. The minimum absolute atomic E-state index is 0.00950. The third-order valence-electron chi connectivity index (χ3n) is 5.32. The van der Waals surface area contributed by atoms with Crippen molar-refractivity contribution in [3.8, 4) is 17.6 Å². The number of ether oxygens (including phenoxy) is 3. The summed E-state index contributed by atoms with van der Waals surface area (Å²) in [6, 6.07) is 11.4. The van der Waals surface area contributed by atoms with Gasteiger partial charge in [0.25, 0.3) is 0 Å². The Morgan fingerprint density at radius 1 is 1.26 bits per heavy atom. The van der Waals surface area contributed by atoms with Gasteiger partial charge in [-0.2, -0.15) is 17.9 Å². The van der Waals surface area contributed by atoms with E-state index >= 15 is 0 Å². The molecule has 9 heteroatoms. The molecule has 1 atom stereocenters. The molecule has 2 heterocycles. The van der Waals surface area contributed by atoms with Gasteiger partial charge in [-0.05, 0) is 43.9 Å². The molecule has 1 unspecified atom stereocenters. The van der Waals surface area contributed by atoms with E-state index in [1.807, 2.05) is 32.0 Å². The fourth-order valence-electron chi connectivity index (χ4n) is 3.75. The molecule has 3 N–H and O–H groups in total. The van der Waals surface area contributed by atoms with Crippen LogP contribution >= 0.6 is 24.2 Å². The molecule has 0 bridgehead atoms. The number of pyridine rings is 1. The Morgan fingerprint density at radius 2 is 2.06 bits per heavy atom. The average molecular weight is 501 g/mol. The summed E-state index contributed by atoms with van der Waals surface area (Å²) >= 11 is 10.0. The van der Waals surface area contributed by atoms with Gasteiger partial charge >= 0.3 is 0 Å². The predicted molar refractivity (Wildman–Crippen MR) is 141 cm³/mol. The highest BCUT2D eigenvalue weighted by Crippen LogP contribution is 2.37. The predicted octanol–water partition coefficient (Wildman–Crippen LogP) is 5.76. The number of rotatable bonds is 7. The molecule has 7 nitrogen and oxygen atoms in total. The minimum atomic E-state index is 0.00950. The number of halogens is 1. The van der Waals surface area contributed by atoms with Crippen molar-refractivity contribution in [3.05, 3.63) is 46.6 Å². The van der Waals surface area contributed by atoms with E-state index in [9.17, 15) is 5.26 Å². The number of nitrogens with zero attached hydrogens (tertiary/aromatic N) is 2. The van der Waals surface area contributed by atoms with Gasteiger partial charge in [-0.15, -0.1) is 0 Å². The second-order valence-corrected chi connectivity index (χ2v) is 7.89. The second-order valence-electron chi connectivity index (χ2n) is 7.49. The molecule has 1 fully saturated rings. The summed E-state index contributed by atoms with van der Waals surface area (Å²) < 4.78 is 16.9. The monoisotopic (exact) mass is 500 g/mol. The first-order chi connectivity index (χ1) is 16.5. The van der Waals surface area contributed by atoms with Crippen LogP contribution in [0.4, 0.5) is 17.1 Å². The van der Waals surface area contributed by atoms with Crippen LogP contribution in [0.15, 0.2) is 30.3 Å². The maximum absolute atomic E-state index is 9.89. The van der Waals surface area contributed by atoms with Gasteiger partial charge in [-0.3, -0.25) is 4.98 Å². The van der Waals surface area contributed by atoms with Gasteiger partial charge in [0.05, 0.1) is 53.0 Å². The third kappa shape index (κ3) is 5.61. The van der Waals surface area contributed by atoms with Crippen LogP contribution in [0.5, 0.6) is 11.5 Å². The summed E-state index contributed by atoms with van der Waals surface area (Å²) in [5.41, 5.74) is 9.93. The summed E-state index contributed by atoms with van der Waals surface area (Å²) in [6.07, 6.45) is 3.16. The molecule has 1 aliphatic rings. The van der Waals surface area contributed by atoms with E-state index in [1.54, 1.807) is 18.4 Å². The molecule has 2 aromatic carbocycles. The van der Waals surface area contributed by atoms with Crippen LogP contribution in [0.2, 0.25) is 5.02 Å². The molecule has 0 amide bonds. The molecule has 0 spiro atoms. The Bertz CT molecular complexity index is 1190. The average Bonchev–Trinajstić information content (AvgIpc) is 3.36. The number of aromatic nitrogens is 1. The van der Waals surface area contributed by atoms with Gasteiger partial charge in [0.1, 0.15) is 23.7 Å². The van der Waals surface area contributed by atoms with Crippen LogP contribution in [0.25, 0.3) is 10.9 Å². The number of benzene rings is 2. The number of fused-ring (bicyclic) bond motifs is 1. The third-order valence-corrected chi connectivity index (χ3v) is 5.62. The molecule has 1 saturated heterocycles. The lowest BCUT2D eigenvalue weighted by Gasteiger charge is -2.17. The summed E-state index contributed by atoms with van der Waals surface area (Å²) in [4.78, 5) is 4.68. The summed E-state index contributed by atoms with van der Waals surface area (Å²) in [5, 5.41) is 14.5. The number of nitrogens with one attached hydrogen (secondary N) is 1. The van der Waals surface area contributed by atoms with Crippen molar-refractivity contribution in [2.24, 2.45) is 0 Å². The van der Waals surface area contributed by atoms with E-state index in [0.717, 1.165) is 17.5 Å². The first kappa shape index (κ1) is 25.8. The Labute approximate surface area is 210 Å². The van der Waals surface area contributed by atoms with E-state index in [4.69, 9.17) is 31.5 Å². The lowest BCUT2D eigenvalue weighted by molar-refractivity contribution is 0.141. The first-order valence-corrected chi connectivity index (χ1v) is 12.4. The van der Waals surface area contributed by atoms with Crippen LogP contribution in [0.1, 0.15) is 31.5 Å². The first-order valence-electron chi connectivity index (χ1n) is 11.1. The fraction of sp³-hybridized carbons (Fsp3) is 0.360. The largest absolute Gasteiger partial charge is 0.492 e. The maximum Gasteiger partial charge on any atom is 0.144 e. The normalized spacial score (nSPS) is 14.8. The van der Waals surface area contributed by atoms with Crippen LogP contribution in [0.3, 0.4) is 0 Å². The molecular weight excluding hydrogens is 472 g/mol. The lowest BCUT2D eigenvalue weighted by atomic mass is 10.0. The molecule has 34 heavy (non-hydrogen) atoms. The highest BCUT2D eigenvalue weighted by atomic mass is 35.5. The molecule has 0 radical (unpaired) electrons. The van der Waals surface area contributed by atoms with Gasteiger partial charge in [-0.1, -0.05) is 18.5 Å². The number of nitrogen functional groups attached to an aromatic ring is 1.